The lowest BCUT2D eigenvalue weighted by atomic mass is 9.98. The molecule has 0 spiro atoms. The molecule has 1 atom stereocenters. The molecule has 0 aliphatic rings. The molecule has 2 aromatic rings. The Labute approximate surface area is 128 Å². The molecule has 0 fully saturated rings. The zero-order valence-electron chi connectivity index (χ0n) is 11.2. The fraction of sp³-hybridized carbons (Fsp3) is 0.250. The second-order valence-corrected chi connectivity index (χ2v) is 5.43. The van der Waals surface area contributed by atoms with E-state index >= 15 is 0 Å². The highest BCUT2D eigenvalue weighted by molar-refractivity contribution is 6.31. The quantitative estimate of drug-likeness (QED) is 0.817. The molecule has 0 aliphatic carbocycles. The lowest BCUT2D eigenvalue weighted by Gasteiger charge is -2.19. The molecule has 0 saturated carbocycles. The standard InChI is InChI=1S/C16H16Cl2FN/c1-2-20-15(11-5-3-7-13(17)9-11)10-12-6-4-8-14(18)16(12)19/h3-9,15,20H,2,10H2,1H3. The van der Waals surface area contributed by atoms with Crippen LogP contribution in [-0.4, -0.2) is 6.54 Å². The van der Waals surface area contributed by atoms with Crippen LogP contribution >= 0.6 is 23.2 Å². The number of hydrogen-bond acceptors (Lipinski definition) is 1. The normalized spacial score (nSPS) is 12.4. The van der Waals surface area contributed by atoms with Crippen LogP contribution < -0.4 is 5.32 Å². The summed E-state index contributed by atoms with van der Waals surface area (Å²) in [7, 11) is 0. The zero-order valence-corrected chi connectivity index (χ0v) is 12.7. The van der Waals surface area contributed by atoms with Crippen molar-refractivity contribution >= 4 is 23.2 Å². The summed E-state index contributed by atoms with van der Waals surface area (Å²) in [6.45, 7) is 2.81. The van der Waals surface area contributed by atoms with E-state index in [-0.39, 0.29) is 16.9 Å². The monoisotopic (exact) mass is 311 g/mol. The van der Waals surface area contributed by atoms with Crippen molar-refractivity contribution in [2.24, 2.45) is 0 Å². The highest BCUT2D eigenvalue weighted by atomic mass is 35.5. The Morgan fingerprint density at radius 3 is 2.60 bits per heavy atom. The van der Waals surface area contributed by atoms with Crippen LogP contribution in [-0.2, 0) is 6.42 Å². The van der Waals surface area contributed by atoms with E-state index in [1.165, 1.54) is 0 Å². The Hall–Kier alpha value is -1.09. The van der Waals surface area contributed by atoms with Crippen molar-refractivity contribution in [3.8, 4) is 0 Å². The molecule has 0 saturated heterocycles. The lowest BCUT2D eigenvalue weighted by Crippen LogP contribution is -2.23. The van der Waals surface area contributed by atoms with E-state index in [1.54, 1.807) is 18.2 Å². The zero-order chi connectivity index (χ0) is 14.5. The SMILES string of the molecule is CCNC(Cc1cccc(Cl)c1F)c1cccc(Cl)c1. The van der Waals surface area contributed by atoms with Gasteiger partial charge in [-0.25, -0.2) is 4.39 Å². The summed E-state index contributed by atoms with van der Waals surface area (Å²) < 4.78 is 14.0. The third-order valence-corrected chi connectivity index (χ3v) is 3.68. The van der Waals surface area contributed by atoms with Crippen LogP contribution in [0.1, 0.15) is 24.1 Å². The molecular weight excluding hydrogens is 296 g/mol. The average Bonchev–Trinajstić information content (AvgIpc) is 2.43. The number of hydrogen-bond donors (Lipinski definition) is 1. The minimum atomic E-state index is -0.348. The van der Waals surface area contributed by atoms with Gasteiger partial charge in [0, 0.05) is 11.1 Å². The average molecular weight is 312 g/mol. The van der Waals surface area contributed by atoms with Crippen LogP contribution in [0.25, 0.3) is 0 Å². The van der Waals surface area contributed by atoms with E-state index in [2.05, 4.69) is 5.32 Å². The summed E-state index contributed by atoms with van der Waals surface area (Å²) in [5.74, 6) is -0.348. The van der Waals surface area contributed by atoms with Gasteiger partial charge in [-0.05, 0) is 42.3 Å². The van der Waals surface area contributed by atoms with Gasteiger partial charge in [0.15, 0.2) is 0 Å². The van der Waals surface area contributed by atoms with Crippen molar-refractivity contribution in [3.63, 3.8) is 0 Å². The molecule has 106 valence electrons. The highest BCUT2D eigenvalue weighted by Gasteiger charge is 2.15. The Morgan fingerprint density at radius 1 is 1.15 bits per heavy atom. The van der Waals surface area contributed by atoms with Crippen LogP contribution in [0.15, 0.2) is 42.5 Å². The molecule has 2 rings (SSSR count). The van der Waals surface area contributed by atoms with Gasteiger partial charge in [0.1, 0.15) is 5.82 Å². The first-order valence-electron chi connectivity index (χ1n) is 6.53. The first kappa shape index (κ1) is 15.3. The van der Waals surface area contributed by atoms with Gasteiger partial charge in [0.25, 0.3) is 0 Å². The van der Waals surface area contributed by atoms with Crippen molar-refractivity contribution in [1.82, 2.24) is 5.32 Å². The van der Waals surface area contributed by atoms with Crippen molar-refractivity contribution < 1.29 is 4.39 Å². The maximum atomic E-state index is 14.0. The molecule has 2 aromatic carbocycles. The maximum Gasteiger partial charge on any atom is 0.145 e. The van der Waals surface area contributed by atoms with E-state index < -0.39 is 0 Å². The first-order chi connectivity index (χ1) is 9.61. The Morgan fingerprint density at radius 2 is 1.90 bits per heavy atom. The van der Waals surface area contributed by atoms with Gasteiger partial charge < -0.3 is 5.32 Å². The minimum Gasteiger partial charge on any atom is -0.310 e. The Kier molecular flexibility index (Phi) is 5.41. The van der Waals surface area contributed by atoms with Crippen LogP contribution in [0.2, 0.25) is 10.0 Å². The van der Waals surface area contributed by atoms with Gasteiger partial charge in [0.2, 0.25) is 0 Å². The summed E-state index contributed by atoms with van der Waals surface area (Å²) in [5.41, 5.74) is 1.64. The smallest absolute Gasteiger partial charge is 0.145 e. The minimum absolute atomic E-state index is 0.00617. The summed E-state index contributed by atoms with van der Waals surface area (Å²) in [4.78, 5) is 0. The molecule has 0 aliphatic heterocycles. The second kappa shape index (κ2) is 7.07. The van der Waals surface area contributed by atoms with E-state index in [1.807, 2.05) is 31.2 Å². The van der Waals surface area contributed by atoms with Crippen LogP contribution in [0.4, 0.5) is 4.39 Å². The van der Waals surface area contributed by atoms with Gasteiger partial charge >= 0.3 is 0 Å². The molecule has 0 aromatic heterocycles. The molecule has 1 N–H and O–H groups in total. The number of likely N-dealkylation sites (N-methyl/N-ethyl adjacent to an activating group) is 1. The third kappa shape index (κ3) is 3.72. The Balaban J connectivity index is 2.28. The van der Waals surface area contributed by atoms with Crippen molar-refractivity contribution in [1.29, 1.82) is 0 Å². The van der Waals surface area contributed by atoms with Gasteiger partial charge in [-0.2, -0.15) is 0 Å². The number of benzene rings is 2. The highest BCUT2D eigenvalue weighted by Crippen LogP contribution is 2.25. The molecule has 0 heterocycles. The maximum absolute atomic E-state index is 14.0. The molecular formula is C16H16Cl2FN. The fourth-order valence-electron chi connectivity index (χ4n) is 2.20. The third-order valence-electron chi connectivity index (χ3n) is 3.16. The second-order valence-electron chi connectivity index (χ2n) is 4.58. The molecule has 4 heteroatoms. The first-order valence-corrected chi connectivity index (χ1v) is 7.29. The fourth-order valence-corrected chi connectivity index (χ4v) is 2.60. The largest absolute Gasteiger partial charge is 0.310 e. The number of rotatable bonds is 5. The lowest BCUT2D eigenvalue weighted by molar-refractivity contribution is 0.528. The number of nitrogens with one attached hydrogen (secondary N) is 1. The molecule has 1 unspecified atom stereocenters. The van der Waals surface area contributed by atoms with Crippen molar-refractivity contribution in [2.75, 3.05) is 6.54 Å². The topological polar surface area (TPSA) is 12.0 Å². The van der Waals surface area contributed by atoms with E-state index in [4.69, 9.17) is 23.2 Å². The van der Waals surface area contributed by atoms with Gasteiger partial charge in [-0.3, -0.25) is 0 Å². The van der Waals surface area contributed by atoms with Crippen LogP contribution in [0.3, 0.4) is 0 Å². The predicted octanol–water partition coefficient (Wildman–Crippen LogP) is 5.03. The van der Waals surface area contributed by atoms with Crippen molar-refractivity contribution in [3.05, 3.63) is 69.5 Å². The van der Waals surface area contributed by atoms with Gasteiger partial charge in [0.05, 0.1) is 5.02 Å². The van der Waals surface area contributed by atoms with E-state index in [0.29, 0.717) is 17.0 Å². The van der Waals surface area contributed by atoms with Crippen LogP contribution in [0.5, 0.6) is 0 Å². The predicted molar refractivity (Wildman–Crippen MR) is 83.0 cm³/mol. The number of halogens is 3. The summed E-state index contributed by atoms with van der Waals surface area (Å²) in [5, 5.41) is 4.19. The molecule has 20 heavy (non-hydrogen) atoms. The van der Waals surface area contributed by atoms with E-state index in [0.717, 1.165) is 12.1 Å². The van der Waals surface area contributed by atoms with Crippen molar-refractivity contribution in [2.45, 2.75) is 19.4 Å². The molecule has 0 radical (unpaired) electrons. The van der Waals surface area contributed by atoms with E-state index in [9.17, 15) is 4.39 Å². The van der Waals surface area contributed by atoms with Gasteiger partial charge in [-0.1, -0.05) is 54.4 Å². The summed E-state index contributed by atoms with van der Waals surface area (Å²) in [6, 6.07) is 12.7. The molecule has 0 amide bonds. The van der Waals surface area contributed by atoms with Crippen LogP contribution in [0, 0.1) is 5.82 Å². The van der Waals surface area contributed by atoms with Gasteiger partial charge in [-0.15, -0.1) is 0 Å². The summed E-state index contributed by atoms with van der Waals surface area (Å²) in [6.07, 6.45) is 0.528. The Bertz CT molecular complexity index is 586. The molecule has 0 bridgehead atoms. The summed E-state index contributed by atoms with van der Waals surface area (Å²) >= 11 is 11.9. The molecule has 1 nitrogen and oxygen atoms in total.